The van der Waals surface area contributed by atoms with Crippen LogP contribution in [-0.4, -0.2) is 56.5 Å². The summed E-state index contributed by atoms with van der Waals surface area (Å²) in [6.07, 6.45) is 1.57. The lowest BCUT2D eigenvalue weighted by atomic mass is 9.97. The van der Waals surface area contributed by atoms with Gasteiger partial charge in [0.2, 0.25) is 5.88 Å². The summed E-state index contributed by atoms with van der Waals surface area (Å²) in [4.78, 5) is 21.7. The molecule has 4 heterocycles. The molecule has 1 saturated heterocycles. The first kappa shape index (κ1) is 20.2. The molecule has 1 atom stereocenters. The van der Waals surface area contributed by atoms with Crippen LogP contribution in [0, 0.1) is 5.82 Å². The third kappa shape index (κ3) is 3.03. The number of fused-ring (bicyclic) bond motifs is 8. The van der Waals surface area contributed by atoms with Gasteiger partial charge in [-0.3, -0.25) is 4.79 Å². The summed E-state index contributed by atoms with van der Waals surface area (Å²) in [5.41, 5.74) is 8.35. The van der Waals surface area contributed by atoms with E-state index < -0.39 is 5.82 Å². The van der Waals surface area contributed by atoms with Crippen LogP contribution in [0.15, 0.2) is 18.2 Å². The highest BCUT2D eigenvalue weighted by atomic mass is 19.1. The Morgan fingerprint density at radius 1 is 1.25 bits per heavy atom. The highest BCUT2D eigenvalue weighted by Gasteiger charge is 2.35. The molecule has 1 fully saturated rings. The van der Waals surface area contributed by atoms with Crippen molar-refractivity contribution in [2.24, 2.45) is 7.05 Å². The Bertz CT molecular complexity index is 1230. The number of aromatic nitrogens is 5. The van der Waals surface area contributed by atoms with Gasteiger partial charge in [-0.1, -0.05) is 0 Å². The zero-order chi connectivity index (χ0) is 22.6. The molecule has 1 aromatic carbocycles. The maximum atomic E-state index is 14.3. The van der Waals surface area contributed by atoms with Gasteiger partial charge in [-0.05, 0) is 36.6 Å². The van der Waals surface area contributed by atoms with Crippen LogP contribution in [0.3, 0.4) is 0 Å². The molecule has 0 radical (unpaired) electrons. The van der Waals surface area contributed by atoms with Crippen molar-refractivity contribution in [2.75, 3.05) is 31.3 Å². The predicted octanol–water partition coefficient (Wildman–Crippen LogP) is 1.93. The zero-order valence-electron chi connectivity index (χ0n) is 18.0. The fraction of sp³-hybridized carbons (Fsp3) is 0.381. The molecular weight excluding hydrogens is 415 g/mol. The topological polar surface area (TPSA) is 115 Å². The molecule has 166 valence electrons. The van der Waals surface area contributed by atoms with E-state index in [-0.39, 0.29) is 24.3 Å². The lowest BCUT2D eigenvalue weighted by Gasteiger charge is -2.29. The van der Waals surface area contributed by atoms with Gasteiger partial charge in [-0.25, -0.2) is 14.1 Å². The van der Waals surface area contributed by atoms with E-state index in [1.54, 1.807) is 29.7 Å². The second kappa shape index (κ2) is 7.43. The summed E-state index contributed by atoms with van der Waals surface area (Å²) in [5.74, 6) is 0.758. The largest absolute Gasteiger partial charge is 0.481 e. The zero-order valence-corrected chi connectivity index (χ0v) is 18.0. The van der Waals surface area contributed by atoms with E-state index in [2.05, 4.69) is 15.3 Å². The first-order valence-electron chi connectivity index (χ1n) is 10.3. The first-order valence-corrected chi connectivity index (χ1v) is 10.3. The van der Waals surface area contributed by atoms with E-state index in [1.807, 2.05) is 4.90 Å². The van der Waals surface area contributed by atoms with Crippen LogP contribution < -0.4 is 15.4 Å². The molecule has 32 heavy (non-hydrogen) atoms. The van der Waals surface area contributed by atoms with Crippen LogP contribution in [0.25, 0.3) is 11.4 Å². The number of hydrogen-bond acceptors (Lipinski definition) is 8. The number of nitrogens with two attached hydrogens (primary N) is 1. The molecule has 0 unspecified atom stereocenters. The molecule has 0 saturated carbocycles. The van der Waals surface area contributed by atoms with Crippen molar-refractivity contribution in [3.63, 3.8) is 0 Å². The third-order valence-corrected chi connectivity index (χ3v) is 6.04. The van der Waals surface area contributed by atoms with Gasteiger partial charge in [0.1, 0.15) is 11.4 Å². The summed E-state index contributed by atoms with van der Waals surface area (Å²) in [6, 6.07) is 4.01. The van der Waals surface area contributed by atoms with Crippen molar-refractivity contribution >= 4 is 17.5 Å². The lowest BCUT2D eigenvalue weighted by molar-refractivity contribution is 0.0781. The predicted molar refractivity (Wildman–Crippen MR) is 115 cm³/mol. The number of amides is 1. The molecule has 2 aliphatic heterocycles. The van der Waals surface area contributed by atoms with Gasteiger partial charge >= 0.3 is 0 Å². The van der Waals surface area contributed by atoms with Gasteiger partial charge in [0.25, 0.3) is 5.91 Å². The number of rotatable bonds is 1. The Kier molecular flexibility index (Phi) is 4.68. The second-order valence-corrected chi connectivity index (χ2v) is 8.04. The number of halogens is 1. The molecule has 2 aromatic heterocycles. The number of nitrogens with zero attached hydrogens (tertiary/aromatic N) is 7. The molecular formula is C21H23FN8O2. The summed E-state index contributed by atoms with van der Waals surface area (Å²) in [5, 5.41) is 12.9. The molecule has 2 bridgehead atoms. The molecule has 0 spiro atoms. The summed E-state index contributed by atoms with van der Waals surface area (Å²) >= 11 is 0. The SMILES string of the molecule is COc1c2c(nn1C)CN(C)C(=O)c1ccc(F)cc1[C@H]1CCCN1c1nc-2nnc1N. The Hall–Kier alpha value is -3.76. The minimum Gasteiger partial charge on any atom is -0.481 e. The number of anilines is 2. The first-order chi connectivity index (χ1) is 15.4. The Balaban J connectivity index is 1.79. The van der Waals surface area contributed by atoms with Crippen LogP contribution >= 0.6 is 0 Å². The van der Waals surface area contributed by atoms with E-state index >= 15 is 0 Å². The number of methoxy groups -OCH3 is 1. The van der Waals surface area contributed by atoms with Crippen LogP contribution in [0.4, 0.5) is 16.0 Å². The van der Waals surface area contributed by atoms with Crippen molar-refractivity contribution in [3.8, 4) is 17.3 Å². The minimum absolute atomic E-state index is 0.170. The van der Waals surface area contributed by atoms with Gasteiger partial charge in [-0.2, -0.15) is 5.10 Å². The number of carbonyl (C=O) groups is 1. The maximum Gasteiger partial charge on any atom is 0.254 e. The van der Waals surface area contributed by atoms with E-state index in [9.17, 15) is 9.18 Å². The molecule has 11 heteroatoms. The number of ether oxygens (including phenoxy) is 1. The molecule has 10 nitrogen and oxygen atoms in total. The standard InChI is InChI=1S/C21H23FN8O2/c1-28-10-14-16(21(32-3)29(2)27-14)18-24-19(17(23)25-26-18)30-8-4-5-15(30)13-9-11(22)6-7-12(13)20(28)31/h6-7,9,15H,4-5,8,10H2,1-3H3,(H2,23,25)/t15-/m1/s1. The fourth-order valence-electron chi connectivity index (χ4n) is 4.62. The molecule has 2 N–H and O–H groups in total. The Labute approximate surface area is 183 Å². The monoisotopic (exact) mass is 438 g/mol. The van der Waals surface area contributed by atoms with Crippen LogP contribution in [0.1, 0.15) is 40.5 Å². The highest BCUT2D eigenvalue weighted by Crippen LogP contribution is 2.41. The van der Waals surface area contributed by atoms with Gasteiger partial charge in [-0.15, -0.1) is 10.2 Å². The number of nitrogen functional groups attached to an aromatic ring is 1. The number of carbonyl (C=O) groups excluding carboxylic acids is 1. The molecule has 2 aliphatic rings. The van der Waals surface area contributed by atoms with Crippen molar-refractivity contribution in [2.45, 2.75) is 25.4 Å². The van der Waals surface area contributed by atoms with Gasteiger partial charge in [0.05, 0.1) is 25.4 Å². The molecule has 3 aromatic rings. The average Bonchev–Trinajstić information content (AvgIpc) is 3.37. The van der Waals surface area contributed by atoms with Crippen molar-refractivity contribution in [3.05, 3.63) is 40.8 Å². The number of aryl methyl sites for hydroxylation is 1. The highest BCUT2D eigenvalue weighted by molar-refractivity contribution is 5.96. The summed E-state index contributed by atoms with van der Waals surface area (Å²) in [7, 11) is 4.97. The normalized spacial score (nSPS) is 17.9. The van der Waals surface area contributed by atoms with Crippen LogP contribution in [-0.2, 0) is 13.6 Å². The molecule has 1 amide bonds. The fourth-order valence-corrected chi connectivity index (χ4v) is 4.62. The number of hydrogen-bond donors (Lipinski definition) is 1. The Morgan fingerprint density at radius 3 is 2.84 bits per heavy atom. The molecule has 0 aliphatic carbocycles. The average molecular weight is 438 g/mol. The lowest BCUT2D eigenvalue weighted by Crippen LogP contribution is -2.31. The van der Waals surface area contributed by atoms with E-state index in [4.69, 9.17) is 15.5 Å². The van der Waals surface area contributed by atoms with Crippen LogP contribution in [0.2, 0.25) is 0 Å². The quantitative estimate of drug-likeness (QED) is 0.613. The van der Waals surface area contributed by atoms with Gasteiger partial charge in [0.15, 0.2) is 17.5 Å². The maximum absolute atomic E-state index is 14.3. The third-order valence-electron chi connectivity index (χ3n) is 6.04. The van der Waals surface area contributed by atoms with Crippen molar-refractivity contribution in [1.29, 1.82) is 0 Å². The van der Waals surface area contributed by atoms with E-state index in [1.165, 1.54) is 19.2 Å². The van der Waals surface area contributed by atoms with Crippen molar-refractivity contribution in [1.82, 2.24) is 29.9 Å². The summed E-state index contributed by atoms with van der Waals surface area (Å²) < 4.78 is 21.4. The van der Waals surface area contributed by atoms with Gasteiger partial charge in [0, 0.05) is 26.2 Å². The Morgan fingerprint density at radius 2 is 2.06 bits per heavy atom. The molecule has 5 rings (SSSR count). The second-order valence-electron chi connectivity index (χ2n) is 8.04. The van der Waals surface area contributed by atoms with Crippen LogP contribution in [0.5, 0.6) is 5.88 Å². The summed E-state index contributed by atoms with van der Waals surface area (Å²) in [6.45, 7) is 0.823. The van der Waals surface area contributed by atoms with Gasteiger partial charge < -0.3 is 20.3 Å². The smallest absolute Gasteiger partial charge is 0.254 e. The minimum atomic E-state index is -0.399. The van der Waals surface area contributed by atoms with Crippen molar-refractivity contribution < 1.29 is 13.9 Å². The van der Waals surface area contributed by atoms with E-state index in [0.29, 0.717) is 46.5 Å². The van der Waals surface area contributed by atoms with E-state index in [0.717, 1.165) is 12.8 Å². The number of benzene rings is 1.